The molecule has 2 rings (SSSR count). The van der Waals surface area contributed by atoms with Crippen molar-refractivity contribution in [2.75, 3.05) is 10.6 Å². The van der Waals surface area contributed by atoms with Crippen molar-refractivity contribution >= 4 is 29.1 Å². The monoisotopic (exact) mass is 304 g/mol. The SMILES string of the molecule is Cc1c(Cl)cccc1NC(=O)c1cnc(NC(C)C)nc1. The molecule has 21 heavy (non-hydrogen) atoms. The predicted octanol–water partition coefficient (Wildman–Crippen LogP) is 3.51. The molecule has 0 unspecified atom stereocenters. The van der Waals surface area contributed by atoms with Crippen molar-refractivity contribution in [1.29, 1.82) is 0 Å². The molecule has 0 radical (unpaired) electrons. The second-order valence-electron chi connectivity index (χ2n) is 4.96. The average molecular weight is 305 g/mol. The Bertz CT molecular complexity index is 641. The third-order valence-electron chi connectivity index (χ3n) is 2.85. The van der Waals surface area contributed by atoms with Gasteiger partial charge in [-0.15, -0.1) is 0 Å². The molecule has 1 aromatic carbocycles. The minimum Gasteiger partial charge on any atom is -0.352 e. The van der Waals surface area contributed by atoms with Gasteiger partial charge in [0.1, 0.15) is 0 Å². The van der Waals surface area contributed by atoms with Gasteiger partial charge in [-0.25, -0.2) is 9.97 Å². The van der Waals surface area contributed by atoms with E-state index < -0.39 is 0 Å². The standard InChI is InChI=1S/C15H17ClN4O/c1-9(2)19-15-17-7-11(8-18-15)14(21)20-13-6-4-5-12(16)10(13)3/h4-9H,1-3H3,(H,20,21)(H,17,18,19). The van der Waals surface area contributed by atoms with Gasteiger partial charge in [0.25, 0.3) is 5.91 Å². The third kappa shape index (κ3) is 3.92. The summed E-state index contributed by atoms with van der Waals surface area (Å²) in [5, 5.41) is 6.48. The molecule has 0 fully saturated rings. The Morgan fingerprint density at radius 2 is 1.90 bits per heavy atom. The molecule has 0 aliphatic rings. The van der Waals surface area contributed by atoms with Crippen molar-refractivity contribution in [2.45, 2.75) is 26.8 Å². The number of hydrogen-bond donors (Lipinski definition) is 2. The average Bonchev–Trinajstić information content (AvgIpc) is 2.44. The van der Waals surface area contributed by atoms with Crippen LogP contribution in [-0.2, 0) is 0 Å². The summed E-state index contributed by atoms with van der Waals surface area (Å²) < 4.78 is 0. The van der Waals surface area contributed by atoms with Crippen LogP contribution in [0.1, 0.15) is 29.8 Å². The van der Waals surface area contributed by atoms with E-state index in [1.807, 2.05) is 20.8 Å². The third-order valence-corrected chi connectivity index (χ3v) is 3.26. The van der Waals surface area contributed by atoms with E-state index in [0.717, 1.165) is 5.56 Å². The van der Waals surface area contributed by atoms with Crippen molar-refractivity contribution in [2.24, 2.45) is 0 Å². The highest BCUT2D eigenvalue weighted by Crippen LogP contribution is 2.23. The zero-order chi connectivity index (χ0) is 15.4. The van der Waals surface area contributed by atoms with Crippen LogP contribution in [0.2, 0.25) is 5.02 Å². The first-order chi connectivity index (χ1) is 9.97. The van der Waals surface area contributed by atoms with Crippen LogP contribution in [0.25, 0.3) is 0 Å². The van der Waals surface area contributed by atoms with Crippen LogP contribution in [-0.4, -0.2) is 21.9 Å². The van der Waals surface area contributed by atoms with Crippen molar-refractivity contribution in [1.82, 2.24) is 9.97 Å². The highest BCUT2D eigenvalue weighted by Gasteiger charge is 2.10. The lowest BCUT2D eigenvalue weighted by atomic mass is 10.2. The molecule has 1 aromatic heterocycles. The maximum absolute atomic E-state index is 12.2. The van der Waals surface area contributed by atoms with Crippen LogP contribution in [0, 0.1) is 6.92 Å². The number of carbonyl (C=O) groups is 1. The van der Waals surface area contributed by atoms with Gasteiger partial charge in [-0.1, -0.05) is 17.7 Å². The molecule has 1 heterocycles. The number of hydrogen-bond acceptors (Lipinski definition) is 4. The molecule has 0 aliphatic heterocycles. The van der Waals surface area contributed by atoms with E-state index in [1.165, 1.54) is 12.4 Å². The Morgan fingerprint density at radius 1 is 1.24 bits per heavy atom. The molecule has 0 saturated heterocycles. The Balaban J connectivity index is 2.11. The number of aromatic nitrogens is 2. The van der Waals surface area contributed by atoms with Gasteiger partial charge in [-0.2, -0.15) is 0 Å². The maximum Gasteiger partial charge on any atom is 0.258 e. The summed E-state index contributed by atoms with van der Waals surface area (Å²) in [7, 11) is 0. The van der Waals surface area contributed by atoms with Crippen molar-refractivity contribution in [3.63, 3.8) is 0 Å². The molecule has 5 nitrogen and oxygen atoms in total. The van der Waals surface area contributed by atoms with Gasteiger partial charge in [0.05, 0.1) is 5.56 Å². The topological polar surface area (TPSA) is 66.9 Å². The second kappa shape index (κ2) is 6.54. The largest absolute Gasteiger partial charge is 0.352 e. The van der Waals surface area contributed by atoms with Gasteiger partial charge in [0.2, 0.25) is 5.95 Å². The van der Waals surface area contributed by atoms with Crippen LogP contribution in [0.5, 0.6) is 0 Å². The van der Waals surface area contributed by atoms with Gasteiger partial charge >= 0.3 is 0 Å². The van der Waals surface area contributed by atoms with Gasteiger partial charge < -0.3 is 10.6 Å². The predicted molar refractivity (Wildman–Crippen MR) is 84.9 cm³/mol. The summed E-state index contributed by atoms with van der Waals surface area (Å²) in [6.45, 7) is 5.84. The second-order valence-corrected chi connectivity index (χ2v) is 5.37. The Hall–Kier alpha value is -2.14. The summed E-state index contributed by atoms with van der Waals surface area (Å²) in [5.41, 5.74) is 1.90. The zero-order valence-electron chi connectivity index (χ0n) is 12.1. The molecule has 2 N–H and O–H groups in total. The molecule has 0 atom stereocenters. The van der Waals surface area contributed by atoms with Crippen molar-refractivity contribution in [3.05, 3.63) is 46.7 Å². The molecule has 0 spiro atoms. The Morgan fingerprint density at radius 3 is 2.52 bits per heavy atom. The molecule has 0 bridgehead atoms. The summed E-state index contributed by atoms with van der Waals surface area (Å²) in [4.78, 5) is 20.4. The van der Waals surface area contributed by atoms with E-state index in [4.69, 9.17) is 11.6 Å². The molecular weight excluding hydrogens is 288 g/mol. The van der Waals surface area contributed by atoms with Crippen LogP contribution in [0.15, 0.2) is 30.6 Å². The number of amides is 1. The first-order valence-electron chi connectivity index (χ1n) is 6.62. The Kier molecular flexibility index (Phi) is 4.75. The highest BCUT2D eigenvalue weighted by atomic mass is 35.5. The number of halogens is 1. The fourth-order valence-corrected chi connectivity index (χ4v) is 1.89. The van der Waals surface area contributed by atoms with Crippen LogP contribution < -0.4 is 10.6 Å². The number of rotatable bonds is 4. The first kappa shape index (κ1) is 15.3. The molecule has 6 heteroatoms. The van der Waals surface area contributed by atoms with Crippen LogP contribution in [0.4, 0.5) is 11.6 Å². The zero-order valence-corrected chi connectivity index (χ0v) is 12.9. The summed E-state index contributed by atoms with van der Waals surface area (Å²) in [6, 6.07) is 5.60. The normalized spacial score (nSPS) is 10.5. The highest BCUT2D eigenvalue weighted by molar-refractivity contribution is 6.31. The van der Waals surface area contributed by atoms with Gasteiger partial charge in [-0.3, -0.25) is 4.79 Å². The van der Waals surface area contributed by atoms with E-state index in [-0.39, 0.29) is 11.9 Å². The molecule has 110 valence electrons. The van der Waals surface area contributed by atoms with Gasteiger partial charge in [0, 0.05) is 29.1 Å². The lowest BCUT2D eigenvalue weighted by Crippen LogP contribution is -2.16. The molecule has 0 saturated carbocycles. The quantitative estimate of drug-likeness (QED) is 0.907. The molecule has 2 aromatic rings. The summed E-state index contributed by atoms with van der Waals surface area (Å²) in [5.74, 6) is 0.233. The van der Waals surface area contributed by atoms with Crippen molar-refractivity contribution < 1.29 is 4.79 Å². The number of nitrogens with one attached hydrogen (secondary N) is 2. The van der Waals surface area contributed by atoms with Crippen LogP contribution >= 0.6 is 11.6 Å². The summed E-state index contributed by atoms with van der Waals surface area (Å²) in [6.07, 6.45) is 2.99. The molecule has 1 amide bonds. The lowest BCUT2D eigenvalue weighted by Gasteiger charge is -2.10. The lowest BCUT2D eigenvalue weighted by molar-refractivity contribution is 0.102. The fraction of sp³-hybridized carbons (Fsp3) is 0.267. The van der Waals surface area contributed by atoms with E-state index in [0.29, 0.717) is 22.2 Å². The number of nitrogens with zero attached hydrogens (tertiary/aromatic N) is 2. The number of benzene rings is 1. The molecule has 0 aliphatic carbocycles. The summed E-state index contributed by atoms with van der Waals surface area (Å²) >= 11 is 6.03. The van der Waals surface area contributed by atoms with Gasteiger partial charge in [-0.05, 0) is 38.5 Å². The van der Waals surface area contributed by atoms with E-state index >= 15 is 0 Å². The molecular formula is C15H17ClN4O. The smallest absolute Gasteiger partial charge is 0.258 e. The maximum atomic E-state index is 12.2. The first-order valence-corrected chi connectivity index (χ1v) is 7.00. The van der Waals surface area contributed by atoms with E-state index in [1.54, 1.807) is 18.2 Å². The number of carbonyl (C=O) groups excluding carboxylic acids is 1. The minimum absolute atomic E-state index is 0.235. The number of anilines is 2. The minimum atomic E-state index is -0.267. The van der Waals surface area contributed by atoms with Gasteiger partial charge in [0.15, 0.2) is 0 Å². The fourth-order valence-electron chi connectivity index (χ4n) is 1.72. The van der Waals surface area contributed by atoms with E-state index in [9.17, 15) is 4.79 Å². The van der Waals surface area contributed by atoms with Crippen molar-refractivity contribution in [3.8, 4) is 0 Å². The Labute approximate surface area is 128 Å². The van der Waals surface area contributed by atoms with Crippen LogP contribution in [0.3, 0.4) is 0 Å². The van der Waals surface area contributed by atoms with E-state index in [2.05, 4.69) is 20.6 Å².